The molecular formula is C32H59NO6. The van der Waals surface area contributed by atoms with E-state index in [0.29, 0.717) is 25.6 Å². The number of rotatable bonds is 26. The van der Waals surface area contributed by atoms with Crippen molar-refractivity contribution >= 4 is 17.9 Å². The second kappa shape index (κ2) is 26.3. The minimum absolute atomic E-state index is 0.155. The Kier molecular flexibility index (Phi) is 25.1. The molecule has 0 radical (unpaired) electrons. The summed E-state index contributed by atoms with van der Waals surface area (Å²) in [6, 6.07) is 0. The van der Waals surface area contributed by atoms with Crippen molar-refractivity contribution in [2.75, 3.05) is 32.8 Å². The van der Waals surface area contributed by atoms with Crippen molar-refractivity contribution in [3.8, 4) is 0 Å². The number of esters is 3. The van der Waals surface area contributed by atoms with Crippen LogP contribution >= 0.6 is 0 Å². The number of ether oxygens (including phenoxy) is 3. The molecule has 0 aliphatic carbocycles. The molecule has 0 aromatic carbocycles. The lowest BCUT2D eigenvalue weighted by atomic mass is 10.1. The summed E-state index contributed by atoms with van der Waals surface area (Å²) < 4.78 is 16.4. The van der Waals surface area contributed by atoms with Crippen molar-refractivity contribution in [3.63, 3.8) is 0 Å². The molecule has 228 valence electrons. The number of hydrogen-bond acceptors (Lipinski definition) is 7. The highest BCUT2D eigenvalue weighted by molar-refractivity contribution is 5.78. The maximum absolute atomic E-state index is 12.7. The van der Waals surface area contributed by atoms with Crippen molar-refractivity contribution < 1.29 is 28.6 Å². The van der Waals surface area contributed by atoms with Gasteiger partial charge in [-0.15, -0.1) is 0 Å². The van der Waals surface area contributed by atoms with Crippen LogP contribution in [0.3, 0.4) is 0 Å². The molecular weight excluding hydrogens is 494 g/mol. The lowest BCUT2D eigenvalue weighted by Crippen LogP contribution is -2.40. The molecule has 0 N–H and O–H groups in total. The zero-order valence-corrected chi connectivity index (χ0v) is 25.8. The Morgan fingerprint density at radius 2 is 1.13 bits per heavy atom. The Bertz CT molecular complexity index is 617. The summed E-state index contributed by atoms with van der Waals surface area (Å²) in [6.07, 6.45) is 19.5. The van der Waals surface area contributed by atoms with Crippen LogP contribution in [0.25, 0.3) is 0 Å². The zero-order chi connectivity index (χ0) is 29.1. The topological polar surface area (TPSA) is 82.1 Å². The highest BCUT2D eigenvalue weighted by atomic mass is 16.5. The van der Waals surface area contributed by atoms with Crippen LogP contribution in [-0.2, 0) is 28.6 Å². The molecule has 0 fully saturated rings. The molecule has 0 saturated carbocycles. The normalized spacial score (nSPS) is 12.3. The predicted octanol–water partition coefficient (Wildman–Crippen LogP) is 7.41. The van der Waals surface area contributed by atoms with Gasteiger partial charge in [-0.1, -0.05) is 105 Å². The highest BCUT2D eigenvalue weighted by Crippen LogP contribution is 2.09. The monoisotopic (exact) mass is 553 g/mol. The van der Waals surface area contributed by atoms with E-state index in [9.17, 15) is 14.4 Å². The van der Waals surface area contributed by atoms with Gasteiger partial charge in [-0.3, -0.25) is 19.3 Å². The molecule has 0 heterocycles. The first-order valence-corrected chi connectivity index (χ1v) is 15.7. The van der Waals surface area contributed by atoms with Gasteiger partial charge < -0.3 is 14.2 Å². The fourth-order valence-electron chi connectivity index (χ4n) is 4.09. The Labute approximate surface area is 239 Å². The SMILES string of the molecule is CCCCCCCCOC(=O)CN(CC(=O)OCCCCCCCC)CC(=O)OC(/C=C\CCC(C)C)CC. The molecule has 0 aromatic heterocycles. The molecule has 1 atom stereocenters. The highest BCUT2D eigenvalue weighted by Gasteiger charge is 2.21. The average molecular weight is 554 g/mol. The van der Waals surface area contributed by atoms with Gasteiger partial charge >= 0.3 is 17.9 Å². The first kappa shape index (κ1) is 37.1. The van der Waals surface area contributed by atoms with E-state index in [1.165, 1.54) is 43.4 Å². The van der Waals surface area contributed by atoms with Gasteiger partial charge in [0, 0.05) is 0 Å². The molecule has 7 heteroatoms. The van der Waals surface area contributed by atoms with Crippen molar-refractivity contribution in [2.45, 2.75) is 137 Å². The second-order valence-electron chi connectivity index (χ2n) is 11.0. The van der Waals surface area contributed by atoms with Crippen LogP contribution in [0.15, 0.2) is 12.2 Å². The third-order valence-electron chi connectivity index (χ3n) is 6.53. The Hall–Kier alpha value is -1.89. The molecule has 0 amide bonds. The van der Waals surface area contributed by atoms with Crippen molar-refractivity contribution in [1.82, 2.24) is 4.90 Å². The van der Waals surface area contributed by atoms with E-state index in [1.807, 2.05) is 13.0 Å². The van der Waals surface area contributed by atoms with E-state index in [4.69, 9.17) is 14.2 Å². The smallest absolute Gasteiger partial charge is 0.320 e. The number of hydrogen-bond donors (Lipinski definition) is 0. The molecule has 1 unspecified atom stereocenters. The number of unbranched alkanes of at least 4 members (excludes halogenated alkanes) is 10. The molecule has 0 bridgehead atoms. The van der Waals surface area contributed by atoms with E-state index in [2.05, 4.69) is 33.8 Å². The molecule has 39 heavy (non-hydrogen) atoms. The average Bonchev–Trinajstić information content (AvgIpc) is 2.89. The van der Waals surface area contributed by atoms with Crippen LogP contribution in [0.5, 0.6) is 0 Å². The van der Waals surface area contributed by atoms with E-state index in [1.54, 1.807) is 0 Å². The minimum atomic E-state index is -0.470. The molecule has 0 aromatic rings. The van der Waals surface area contributed by atoms with Crippen LogP contribution in [0.1, 0.15) is 131 Å². The van der Waals surface area contributed by atoms with Gasteiger partial charge in [0.2, 0.25) is 0 Å². The largest absolute Gasteiger partial charge is 0.465 e. The summed E-state index contributed by atoms with van der Waals surface area (Å²) in [5, 5.41) is 0. The van der Waals surface area contributed by atoms with Crippen LogP contribution < -0.4 is 0 Å². The molecule has 0 rings (SSSR count). The third-order valence-corrected chi connectivity index (χ3v) is 6.53. The standard InChI is InChI=1S/C32H59NO6/c1-6-9-11-13-15-19-23-37-30(34)25-33(26-31(35)38-24-20-16-14-12-10-7-2)27-32(36)39-29(8-3)22-18-17-21-28(4)5/h18,22,28-29H,6-17,19-21,23-27H2,1-5H3/b22-18-. The molecule has 0 aliphatic rings. The van der Waals surface area contributed by atoms with Crippen LogP contribution in [0.4, 0.5) is 0 Å². The first-order valence-electron chi connectivity index (χ1n) is 15.7. The van der Waals surface area contributed by atoms with Gasteiger partial charge in [-0.2, -0.15) is 0 Å². The minimum Gasteiger partial charge on any atom is -0.465 e. The van der Waals surface area contributed by atoms with Crippen LogP contribution in [0.2, 0.25) is 0 Å². The van der Waals surface area contributed by atoms with E-state index >= 15 is 0 Å². The van der Waals surface area contributed by atoms with Crippen molar-refractivity contribution in [1.29, 1.82) is 0 Å². The number of carbonyl (C=O) groups is 3. The number of allylic oxidation sites excluding steroid dienone is 1. The Morgan fingerprint density at radius 3 is 1.59 bits per heavy atom. The zero-order valence-electron chi connectivity index (χ0n) is 25.8. The van der Waals surface area contributed by atoms with Crippen molar-refractivity contribution in [3.05, 3.63) is 12.2 Å². The fraction of sp³-hybridized carbons (Fsp3) is 0.844. The van der Waals surface area contributed by atoms with E-state index in [-0.39, 0.29) is 25.7 Å². The molecule has 7 nitrogen and oxygen atoms in total. The van der Waals surface area contributed by atoms with E-state index in [0.717, 1.165) is 51.4 Å². The van der Waals surface area contributed by atoms with Gasteiger partial charge in [0.1, 0.15) is 6.10 Å². The van der Waals surface area contributed by atoms with Crippen LogP contribution in [0, 0.1) is 5.92 Å². The summed E-state index contributed by atoms with van der Waals surface area (Å²) in [6.45, 7) is 10.9. The summed E-state index contributed by atoms with van der Waals surface area (Å²) in [7, 11) is 0. The Morgan fingerprint density at radius 1 is 0.667 bits per heavy atom. The molecule has 0 aliphatic heterocycles. The third kappa shape index (κ3) is 24.9. The second-order valence-corrected chi connectivity index (χ2v) is 11.0. The van der Waals surface area contributed by atoms with Gasteiger partial charge in [0.05, 0.1) is 32.8 Å². The number of nitrogens with zero attached hydrogens (tertiary/aromatic N) is 1. The van der Waals surface area contributed by atoms with Gasteiger partial charge in [0.25, 0.3) is 0 Å². The van der Waals surface area contributed by atoms with Gasteiger partial charge in [-0.05, 0) is 44.1 Å². The molecule has 0 spiro atoms. The summed E-state index contributed by atoms with van der Waals surface area (Å²) in [5.74, 6) is -0.739. The summed E-state index contributed by atoms with van der Waals surface area (Å²) >= 11 is 0. The molecule has 0 saturated heterocycles. The summed E-state index contributed by atoms with van der Waals surface area (Å²) in [5.41, 5.74) is 0. The number of carbonyl (C=O) groups excluding carboxylic acids is 3. The fourth-order valence-corrected chi connectivity index (χ4v) is 4.09. The lowest BCUT2D eigenvalue weighted by molar-refractivity contribution is -0.153. The maximum atomic E-state index is 12.7. The van der Waals surface area contributed by atoms with Gasteiger partial charge in [0.15, 0.2) is 0 Å². The van der Waals surface area contributed by atoms with Crippen molar-refractivity contribution in [2.24, 2.45) is 5.92 Å². The van der Waals surface area contributed by atoms with E-state index < -0.39 is 17.9 Å². The maximum Gasteiger partial charge on any atom is 0.320 e. The predicted molar refractivity (Wildman–Crippen MR) is 158 cm³/mol. The van der Waals surface area contributed by atoms with Crippen LogP contribution in [-0.4, -0.2) is 61.8 Å². The quantitative estimate of drug-likeness (QED) is 0.0477. The Balaban J connectivity index is 4.75. The first-order chi connectivity index (χ1) is 18.8. The lowest BCUT2D eigenvalue weighted by Gasteiger charge is -2.21. The summed E-state index contributed by atoms with van der Waals surface area (Å²) in [4.78, 5) is 39.1. The van der Waals surface area contributed by atoms with Gasteiger partial charge in [-0.25, -0.2) is 0 Å².